The fourth-order valence-corrected chi connectivity index (χ4v) is 11.0. The molecule has 46 heavy (non-hydrogen) atoms. The minimum Gasteiger partial charge on any atom is -0.432 e. The molecule has 2 spiro atoms. The van der Waals surface area contributed by atoms with E-state index in [0.717, 1.165) is 24.5 Å². The van der Waals surface area contributed by atoms with Gasteiger partial charge in [-0.25, -0.2) is 0 Å². The zero-order valence-corrected chi connectivity index (χ0v) is 27.6. The summed E-state index contributed by atoms with van der Waals surface area (Å²) in [5.74, 6) is -0.484. The maximum atomic E-state index is 14.4. The van der Waals surface area contributed by atoms with Crippen LogP contribution < -0.4 is 20.4 Å². The maximum Gasteiger partial charge on any atom is 0.261 e. The Morgan fingerprint density at radius 3 is 2.57 bits per heavy atom. The smallest absolute Gasteiger partial charge is 0.261 e. The number of benzene rings is 2. The summed E-state index contributed by atoms with van der Waals surface area (Å²) in [6, 6.07) is 15.8. The average molecular weight is 646 g/mol. The van der Waals surface area contributed by atoms with Gasteiger partial charge in [-0.05, 0) is 75.8 Å². The minimum absolute atomic E-state index is 0.00114. The number of carbonyl (C=O) groups is 2. The van der Waals surface area contributed by atoms with E-state index in [1.807, 2.05) is 67.5 Å². The lowest BCUT2D eigenvalue weighted by molar-refractivity contribution is -0.143. The second-order valence-corrected chi connectivity index (χ2v) is 17.7. The van der Waals surface area contributed by atoms with Crippen LogP contribution in [0.3, 0.4) is 0 Å². The van der Waals surface area contributed by atoms with Crippen molar-refractivity contribution in [3.8, 4) is 0 Å². The van der Waals surface area contributed by atoms with Gasteiger partial charge in [0, 0.05) is 59.9 Å². The number of aromatic nitrogens is 3. The number of piperidine rings is 1. The first-order chi connectivity index (χ1) is 22.1. The number of amides is 2. The molecule has 2 amide bonds. The van der Waals surface area contributed by atoms with Gasteiger partial charge in [0.25, 0.3) is 11.8 Å². The summed E-state index contributed by atoms with van der Waals surface area (Å²) in [5, 5.41) is 24.0. The van der Waals surface area contributed by atoms with E-state index in [0.29, 0.717) is 55.8 Å². The second-order valence-electron chi connectivity index (χ2n) is 13.7. The fourth-order valence-electron chi connectivity index (χ4n) is 8.43. The third kappa shape index (κ3) is 4.87. The molecule has 2 aromatic carbocycles. The number of aliphatic hydroxyl groups is 1. The molecule has 0 unspecified atom stereocenters. The summed E-state index contributed by atoms with van der Waals surface area (Å²) in [7, 11) is -2.82. The van der Waals surface area contributed by atoms with Crippen molar-refractivity contribution in [1.82, 2.24) is 20.3 Å². The van der Waals surface area contributed by atoms with Gasteiger partial charge in [0.1, 0.15) is 5.54 Å². The molecule has 244 valence electrons. The second kappa shape index (κ2) is 11.6. The van der Waals surface area contributed by atoms with Crippen LogP contribution in [0.15, 0.2) is 54.7 Å². The van der Waals surface area contributed by atoms with Crippen molar-refractivity contribution in [3.05, 3.63) is 66.0 Å². The van der Waals surface area contributed by atoms with Crippen molar-refractivity contribution < 1.29 is 24.2 Å². The molecule has 4 atom stereocenters. The number of rotatable bonds is 8. The molecule has 0 aliphatic carbocycles. The lowest BCUT2D eigenvalue weighted by Crippen LogP contribution is -2.55. The van der Waals surface area contributed by atoms with Gasteiger partial charge in [-0.3, -0.25) is 19.2 Å². The number of hydrogen-bond donors (Lipinski definition) is 4. The van der Waals surface area contributed by atoms with Gasteiger partial charge in [0.15, 0.2) is 13.9 Å². The number of hydrogen-bond acceptors (Lipinski definition) is 9. The van der Waals surface area contributed by atoms with Crippen molar-refractivity contribution in [2.45, 2.75) is 75.0 Å². The molecule has 5 heterocycles. The zero-order valence-electron chi connectivity index (χ0n) is 26.6. The summed E-state index contributed by atoms with van der Waals surface area (Å²) in [6.07, 6.45) is 3.79. The van der Waals surface area contributed by atoms with E-state index in [9.17, 15) is 19.5 Å². The molecule has 4 aliphatic rings. The summed E-state index contributed by atoms with van der Waals surface area (Å²) in [4.78, 5) is 44.0. The Bertz CT molecular complexity index is 1620. The van der Waals surface area contributed by atoms with E-state index in [4.69, 9.17) is 4.74 Å². The Kier molecular flexibility index (Phi) is 7.79. The lowest BCUT2D eigenvalue weighted by atomic mass is 9.82. The number of para-hydroxylation sites is 1. The first kappa shape index (κ1) is 31.0. The molecular weight excluding hydrogens is 602 g/mol. The number of carbonyl (C=O) groups excluding carboxylic acids is 2. The highest BCUT2D eigenvalue weighted by Gasteiger charge is 2.64. The number of aryl methyl sites for hydroxylation is 1. The van der Waals surface area contributed by atoms with Crippen LogP contribution in [-0.4, -0.2) is 83.0 Å². The van der Waals surface area contributed by atoms with Crippen LogP contribution in [0.1, 0.15) is 37.4 Å². The molecule has 3 fully saturated rings. The molecule has 1 aromatic heterocycles. The van der Waals surface area contributed by atoms with Crippen molar-refractivity contribution in [3.63, 3.8) is 0 Å². The van der Waals surface area contributed by atoms with Crippen LogP contribution in [0.2, 0.25) is 18.6 Å². The molecule has 0 bridgehead atoms. The predicted molar refractivity (Wildman–Crippen MR) is 176 cm³/mol. The van der Waals surface area contributed by atoms with Gasteiger partial charge in [0.05, 0.1) is 18.5 Å². The van der Waals surface area contributed by atoms with Gasteiger partial charge in [-0.2, -0.15) is 0 Å². The largest absolute Gasteiger partial charge is 0.432 e. The predicted octanol–water partition coefficient (Wildman–Crippen LogP) is 2.59. The Morgan fingerprint density at radius 2 is 1.85 bits per heavy atom. The summed E-state index contributed by atoms with van der Waals surface area (Å²) in [6.45, 7) is 8.25. The van der Waals surface area contributed by atoms with Crippen LogP contribution in [0.4, 0.5) is 17.1 Å². The van der Waals surface area contributed by atoms with Gasteiger partial charge in [0.2, 0.25) is 0 Å². The van der Waals surface area contributed by atoms with E-state index in [2.05, 4.69) is 38.0 Å². The van der Waals surface area contributed by atoms with E-state index < -0.39 is 25.6 Å². The third-order valence-electron chi connectivity index (χ3n) is 10.6. The zero-order chi connectivity index (χ0) is 32.3. The quantitative estimate of drug-likeness (QED) is 0.272. The summed E-state index contributed by atoms with van der Waals surface area (Å²) >= 11 is 0. The number of ether oxygens (including phenoxy) is 1. The lowest BCUT2D eigenvalue weighted by Gasteiger charge is -2.39. The Morgan fingerprint density at radius 1 is 1.09 bits per heavy atom. The third-order valence-corrected chi connectivity index (χ3v) is 13.1. The average Bonchev–Trinajstić information content (AvgIpc) is 3.76. The molecule has 4 aliphatic heterocycles. The summed E-state index contributed by atoms with van der Waals surface area (Å²) in [5.41, 5.74) is 1.66. The van der Waals surface area contributed by atoms with Gasteiger partial charge >= 0.3 is 0 Å². The van der Waals surface area contributed by atoms with E-state index in [1.54, 1.807) is 4.68 Å². The van der Waals surface area contributed by atoms with Crippen molar-refractivity contribution in [2.75, 3.05) is 41.5 Å². The highest BCUT2D eigenvalue weighted by atomic mass is 28.4. The van der Waals surface area contributed by atoms with Crippen LogP contribution >= 0.6 is 0 Å². The van der Waals surface area contributed by atoms with Crippen LogP contribution in [0.25, 0.3) is 0 Å². The molecule has 0 radical (unpaired) electrons. The molecule has 7 rings (SSSR count). The molecule has 0 saturated carbocycles. The topological polar surface area (TPSA) is 145 Å². The molecule has 3 saturated heterocycles. The Labute approximate surface area is 269 Å². The molecule has 4 N–H and O–H groups in total. The van der Waals surface area contributed by atoms with Gasteiger partial charge in [-0.15, -0.1) is 5.10 Å². The first-order valence-corrected chi connectivity index (χ1v) is 19.3. The highest BCUT2D eigenvalue weighted by Crippen LogP contribution is 2.59. The van der Waals surface area contributed by atoms with Gasteiger partial charge < -0.3 is 30.2 Å². The highest BCUT2D eigenvalue weighted by molar-refractivity contribution is 6.71. The number of aliphatic hydroxyl groups excluding tert-OH is 1. The van der Waals surface area contributed by atoms with E-state index >= 15 is 0 Å². The number of nitrogens with zero attached hydrogens (tertiary/aromatic N) is 5. The maximum absolute atomic E-state index is 14.4. The van der Waals surface area contributed by atoms with Crippen molar-refractivity contribution in [1.29, 1.82) is 0 Å². The SMILES string of the molecule is C[C@H]1[C@H]([Si](C)(C)O)[C@@H](CCn2cc(CCO)nn2)O[C@]12C(=O)Nc1ccc(N3CN(c4ccccc4)C4(CCNCC4)C3=O)cc12. The Balaban J connectivity index is 1.22. The van der Waals surface area contributed by atoms with Crippen molar-refractivity contribution >= 4 is 37.2 Å². The monoisotopic (exact) mass is 645 g/mol. The minimum atomic E-state index is -2.82. The van der Waals surface area contributed by atoms with Crippen LogP contribution in [0, 0.1) is 5.92 Å². The van der Waals surface area contributed by atoms with E-state index in [1.165, 1.54) is 0 Å². The number of fused-ring (bicyclic) bond motifs is 2. The summed E-state index contributed by atoms with van der Waals surface area (Å²) < 4.78 is 8.58. The molecule has 3 aromatic rings. The molecular formula is C33H43N7O5Si. The normalized spacial score (nSPS) is 27.2. The van der Waals surface area contributed by atoms with Crippen molar-refractivity contribution in [2.24, 2.45) is 5.92 Å². The standard InChI is InChI=1S/C33H43N7O5Si/c1-22-29(46(2,3)44)28(11-17-38-20-23(12-18-41)36-37-38)45-33(22)26-19-25(9-10-27(26)35-30(33)42)39-21-40(24-7-5-4-6-8-24)32(31(39)43)13-15-34-16-14-32/h4-10,19-20,22,28-29,34,41,44H,11-18,21H2,1-3H3,(H,35,42)/t22-,28+,29-,33+/m0/s1. The van der Waals surface area contributed by atoms with Crippen LogP contribution in [-0.2, 0) is 32.9 Å². The first-order valence-electron chi connectivity index (χ1n) is 16.3. The fraction of sp³-hybridized carbons (Fsp3) is 0.515. The molecule has 13 heteroatoms. The van der Waals surface area contributed by atoms with Crippen LogP contribution in [0.5, 0.6) is 0 Å². The number of nitrogens with one attached hydrogen (secondary N) is 2. The van der Waals surface area contributed by atoms with E-state index in [-0.39, 0.29) is 29.9 Å². The Hall–Kier alpha value is -3.62. The molecule has 12 nitrogen and oxygen atoms in total. The van der Waals surface area contributed by atoms with Gasteiger partial charge in [-0.1, -0.05) is 30.3 Å². The number of anilines is 3.